The number of ketones is 1. The molecule has 29 heavy (non-hydrogen) atoms. The third-order valence-corrected chi connectivity index (χ3v) is 5.99. The Morgan fingerprint density at radius 3 is 2.10 bits per heavy atom. The lowest BCUT2D eigenvalue weighted by Gasteiger charge is -2.39. The number of nitrogens with zero attached hydrogens (tertiary/aromatic N) is 1. The Labute approximate surface area is 172 Å². The molecule has 2 heterocycles. The van der Waals surface area contributed by atoms with E-state index in [0.717, 1.165) is 42.4 Å². The zero-order valence-corrected chi connectivity index (χ0v) is 17.4. The summed E-state index contributed by atoms with van der Waals surface area (Å²) in [7, 11) is 0. The summed E-state index contributed by atoms with van der Waals surface area (Å²) in [6.07, 6.45) is 3.11. The van der Waals surface area contributed by atoms with Crippen LogP contribution in [0.2, 0.25) is 0 Å². The minimum atomic E-state index is -0.502. The molecule has 2 aromatic carbocycles. The van der Waals surface area contributed by atoms with Crippen molar-refractivity contribution in [1.82, 2.24) is 4.90 Å². The fraction of sp³-hybridized carbons (Fsp3) is 0.440. The average Bonchev–Trinajstić information content (AvgIpc) is 2.97. The minimum Gasteiger partial charge on any atom is -0.444 e. The summed E-state index contributed by atoms with van der Waals surface area (Å²) in [6.45, 7) is 5.68. The van der Waals surface area contributed by atoms with E-state index in [1.807, 2.05) is 80.3 Å². The zero-order chi connectivity index (χ0) is 20.6. The highest BCUT2D eigenvalue weighted by molar-refractivity contribution is 6.03. The van der Waals surface area contributed by atoms with Gasteiger partial charge in [-0.2, -0.15) is 0 Å². The number of piperidine rings is 1. The Morgan fingerprint density at radius 2 is 1.48 bits per heavy atom. The number of carbonyl (C=O) groups is 2. The first-order chi connectivity index (χ1) is 13.8. The van der Waals surface area contributed by atoms with Gasteiger partial charge in [-0.15, -0.1) is 0 Å². The molecule has 0 aromatic heterocycles. The highest BCUT2D eigenvalue weighted by Crippen LogP contribution is 2.41. The first-order valence-electron chi connectivity index (χ1n) is 10.5. The molecular formula is C25H29NO3. The fourth-order valence-corrected chi connectivity index (χ4v) is 4.79. The van der Waals surface area contributed by atoms with Gasteiger partial charge in [-0.1, -0.05) is 54.6 Å². The van der Waals surface area contributed by atoms with Crippen LogP contribution in [0.5, 0.6) is 0 Å². The summed E-state index contributed by atoms with van der Waals surface area (Å²) in [4.78, 5) is 28.1. The molecule has 0 saturated carbocycles. The Balaban J connectivity index is 1.54. The van der Waals surface area contributed by atoms with Crippen LogP contribution in [0.25, 0.3) is 11.1 Å². The van der Waals surface area contributed by atoms with Gasteiger partial charge in [-0.3, -0.25) is 4.79 Å². The van der Waals surface area contributed by atoms with Crippen molar-refractivity contribution in [3.8, 4) is 11.1 Å². The Bertz CT molecular complexity index is 886. The summed E-state index contributed by atoms with van der Waals surface area (Å²) in [5, 5.41) is 0. The maximum atomic E-state index is 13.5. The molecular weight excluding hydrogens is 362 g/mol. The highest BCUT2D eigenvalue weighted by Gasteiger charge is 2.46. The van der Waals surface area contributed by atoms with Crippen molar-refractivity contribution in [2.75, 3.05) is 0 Å². The molecule has 152 valence electrons. The largest absolute Gasteiger partial charge is 0.444 e. The van der Waals surface area contributed by atoms with Crippen LogP contribution < -0.4 is 0 Å². The number of rotatable bonds is 3. The van der Waals surface area contributed by atoms with Crippen LogP contribution in [0.4, 0.5) is 4.79 Å². The van der Waals surface area contributed by atoms with Crippen LogP contribution in [-0.4, -0.2) is 34.5 Å². The molecule has 0 aliphatic carbocycles. The molecule has 2 aliphatic rings. The Kier molecular flexibility index (Phi) is 5.20. The summed E-state index contributed by atoms with van der Waals surface area (Å²) < 4.78 is 5.62. The smallest absolute Gasteiger partial charge is 0.410 e. The number of hydrogen-bond donors (Lipinski definition) is 0. The lowest BCUT2D eigenvalue weighted by atomic mass is 9.83. The molecule has 1 amide bonds. The van der Waals surface area contributed by atoms with Crippen molar-refractivity contribution < 1.29 is 14.3 Å². The molecule has 2 bridgehead atoms. The normalized spacial score (nSPS) is 23.7. The average molecular weight is 392 g/mol. The third-order valence-electron chi connectivity index (χ3n) is 5.99. The predicted octanol–water partition coefficient (Wildman–Crippen LogP) is 5.71. The number of carbonyl (C=O) groups excluding carboxylic acids is 2. The third kappa shape index (κ3) is 4.07. The fourth-order valence-electron chi connectivity index (χ4n) is 4.79. The second kappa shape index (κ2) is 7.66. The van der Waals surface area contributed by atoms with Gasteiger partial charge >= 0.3 is 6.09 Å². The zero-order valence-electron chi connectivity index (χ0n) is 17.4. The van der Waals surface area contributed by atoms with E-state index in [0.29, 0.717) is 0 Å². The van der Waals surface area contributed by atoms with Crippen LogP contribution in [-0.2, 0) is 4.74 Å². The standard InChI is InChI=1S/C25H29NO3/c1-25(2,3)29-24(28)26-19-13-14-20(26)16-18(15-19)23(27)22-12-8-7-11-21(22)17-9-5-4-6-10-17/h4-12,18-20H,13-16H2,1-3H3. The van der Waals surface area contributed by atoms with E-state index in [-0.39, 0.29) is 29.9 Å². The minimum absolute atomic E-state index is 0.0453. The SMILES string of the molecule is CC(C)(C)OC(=O)N1C2CCC1CC(C(=O)c1ccccc1-c1ccccc1)C2. The van der Waals surface area contributed by atoms with Gasteiger partial charge in [-0.25, -0.2) is 4.79 Å². The van der Waals surface area contributed by atoms with Crippen LogP contribution >= 0.6 is 0 Å². The maximum absolute atomic E-state index is 13.5. The maximum Gasteiger partial charge on any atom is 0.410 e. The van der Waals surface area contributed by atoms with Gasteiger partial charge in [0.15, 0.2) is 5.78 Å². The summed E-state index contributed by atoms with van der Waals surface area (Å²) in [5.41, 5.74) is 2.33. The predicted molar refractivity (Wildman–Crippen MR) is 114 cm³/mol. The topological polar surface area (TPSA) is 46.6 Å². The van der Waals surface area contributed by atoms with Crippen LogP contribution in [0, 0.1) is 5.92 Å². The number of fused-ring (bicyclic) bond motifs is 2. The molecule has 0 radical (unpaired) electrons. The van der Waals surface area contributed by atoms with E-state index in [9.17, 15) is 9.59 Å². The summed E-state index contributed by atoms with van der Waals surface area (Å²) in [5.74, 6) is 0.154. The van der Waals surface area contributed by atoms with Gasteiger partial charge in [0.05, 0.1) is 0 Å². The first-order valence-corrected chi connectivity index (χ1v) is 10.5. The van der Waals surface area contributed by atoms with Crippen LogP contribution in [0.1, 0.15) is 56.8 Å². The van der Waals surface area contributed by atoms with Gasteiger partial charge in [-0.05, 0) is 57.6 Å². The molecule has 2 saturated heterocycles. The molecule has 4 nitrogen and oxygen atoms in total. The second-order valence-electron chi connectivity index (χ2n) is 9.22. The lowest BCUT2D eigenvalue weighted by Crippen LogP contribution is -2.49. The number of amides is 1. The van der Waals surface area contributed by atoms with Crippen molar-refractivity contribution in [2.45, 2.75) is 64.1 Å². The van der Waals surface area contributed by atoms with E-state index in [4.69, 9.17) is 4.74 Å². The number of hydrogen-bond acceptors (Lipinski definition) is 3. The van der Waals surface area contributed by atoms with E-state index < -0.39 is 5.60 Å². The lowest BCUT2D eigenvalue weighted by molar-refractivity contribution is 0.00254. The molecule has 2 unspecified atom stereocenters. The van der Waals surface area contributed by atoms with E-state index in [2.05, 4.69) is 0 Å². The van der Waals surface area contributed by atoms with Gasteiger partial charge in [0.1, 0.15) is 5.60 Å². The monoisotopic (exact) mass is 391 g/mol. The van der Waals surface area contributed by atoms with Crippen LogP contribution in [0.15, 0.2) is 54.6 Å². The summed E-state index contributed by atoms with van der Waals surface area (Å²) in [6, 6.07) is 18.1. The van der Waals surface area contributed by atoms with Crippen molar-refractivity contribution in [3.63, 3.8) is 0 Å². The molecule has 0 spiro atoms. The molecule has 0 N–H and O–H groups in total. The number of ether oxygens (including phenoxy) is 1. The second-order valence-corrected chi connectivity index (χ2v) is 9.22. The number of Topliss-reactive ketones (excluding diaryl/α,β-unsaturated/α-hetero) is 1. The Morgan fingerprint density at radius 1 is 0.897 bits per heavy atom. The molecule has 2 fully saturated rings. The van der Waals surface area contributed by atoms with Gasteiger partial charge in [0.25, 0.3) is 0 Å². The molecule has 2 atom stereocenters. The molecule has 2 aromatic rings. The quantitative estimate of drug-likeness (QED) is 0.629. The van der Waals surface area contributed by atoms with Gasteiger partial charge < -0.3 is 9.64 Å². The molecule has 4 rings (SSSR count). The van der Waals surface area contributed by atoms with Crippen molar-refractivity contribution >= 4 is 11.9 Å². The highest BCUT2D eigenvalue weighted by atomic mass is 16.6. The molecule has 2 aliphatic heterocycles. The van der Waals surface area contributed by atoms with Gasteiger partial charge in [0.2, 0.25) is 0 Å². The van der Waals surface area contributed by atoms with Crippen molar-refractivity contribution in [3.05, 3.63) is 60.2 Å². The van der Waals surface area contributed by atoms with Crippen molar-refractivity contribution in [2.24, 2.45) is 5.92 Å². The number of benzene rings is 2. The molecule has 4 heteroatoms. The van der Waals surface area contributed by atoms with Gasteiger partial charge in [0, 0.05) is 23.6 Å². The van der Waals surface area contributed by atoms with E-state index in [1.165, 1.54) is 0 Å². The van der Waals surface area contributed by atoms with Crippen molar-refractivity contribution in [1.29, 1.82) is 0 Å². The van der Waals surface area contributed by atoms with E-state index in [1.54, 1.807) is 0 Å². The van der Waals surface area contributed by atoms with E-state index >= 15 is 0 Å². The van der Waals surface area contributed by atoms with Crippen LogP contribution in [0.3, 0.4) is 0 Å². The summed E-state index contributed by atoms with van der Waals surface area (Å²) >= 11 is 0. The Hall–Kier alpha value is -2.62. The first kappa shape index (κ1) is 19.7.